The van der Waals surface area contributed by atoms with Gasteiger partial charge < -0.3 is 5.11 Å². The third-order valence-electron chi connectivity index (χ3n) is 2.57. The first-order valence-electron chi connectivity index (χ1n) is 5.84. The Hall–Kier alpha value is -2.62. The van der Waals surface area contributed by atoms with E-state index in [2.05, 4.69) is 10.5 Å². The Morgan fingerprint density at radius 1 is 1.21 bits per heavy atom. The monoisotopic (exact) mass is 254 g/mol. The fourth-order valence-corrected chi connectivity index (χ4v) is 1.53. The predicted molar refractivity (Wildman–Crippen MR) is 74.3 cm³/mol. The second kappa shape index (κ2) is 5.82. The zero-order chi connectivity index (χ0) is 13.7. The first-order valence-corrected chi connectivity index (χ1v) is 5.84. The molecule has 0 aliphatic rings. The Morgan fingerprint density at radius 3 is 2.63 bits per heavy atom. The minimum Gasteiger partial charge on any atom is -0.508 e. The van der Waals surface area contributed by atoms with Crippen molar-refractivity contribution in [3.8, 4) is 5.75 Å². The summed E-state index contributed by atoms with van der Waals surface area (Å²) < 4.78 is 0. The molecule has 0 fully saturated rings. The van der Waals surface area contributed by atoms with E-state index in [9.17, 15) is 9.90 Å². The fourth-order valence-electron chi connectivity index (χ4n) is 1.53. The number of phenolic OH excluding ortho intramolecular Hbond substituents is 1. The van der Waals surface area contributed by atoms with Crippen LogP contribution in [0.2, 0.25) is 0 Å². The normalized spacial score (nSPS) is 10.6. The molecule has 1 amide bonds. The quantitative estimate of drug-likeness (QED) is 0.653. The van der Waals surface area contributed by atoms with Gasteiger partial charge in [0.1, 0.15) is 5.75 Å². The highest BCUT2D eigenvalue weighted by molar-refractivity contribution is 5.95. The van der Waals surface area contributed by atoms with Gasteiger partial charge in [0.2, 0.25) is 0 Å². The average Bonchev–Trinajstić information content (AvgIpc) is 2.41. The van der Waals surface area contributed by atoms with Crippen LogP contribution in [0.25, 0.3) is 0 Å². The number of hydrazone groups is 1. The lowest BCUT2D eigenvalue weighted by Gasteiger charge is -2.00. The van der Waals surface area contributed by atoms with Crippen LogP contribution in [0.4, 0.5) is 0 Å². The van der Waals surface area contributed by atoms with Gasteiger partial charge in [-0.1, -0.05) is 35.9 Å². The predicted octanol–water partition coefficient (Wildman–Crippen LogP) is 2.46. The van der Waals surface area contributed by atoms with Crippen molar-refractivity contribution in [1.29, 1.82) is 0 Å². The van der Waals surface area contributed by atoms with Gasteiger partial charge in [-0.3, -0.25) is 4.79 Å². The van der Waals surface area contributed by atoms with E-state index in [-0.39, 0.29) is 11.7 Å². The molecule has 0 heterocycles. The summed E-state index contributed by atoms with van der Waals surface area (Å²) in [6, 6.07) is 13.9. The number of rotatable bonds is 3. The third-order valence-corrected chi connectivity index (χ3v) is 2.57. The molecule has 0 saturated heterocycles. The molecule has 2 aromatic carbocycles. The van der Waals surface area contributed by atoms with Gasteiger partial charge in [-0.2, -0.15) is 5.10 Å². The maximum absolute atomic E-state index is 11.7. The summed E-state index contributed by atoms with van der Waals surface area (Å²) in [4.78, 5) is 11.7. The molecule has 0 spiro atoms. The number of amides is 1. The first-order chi connectivity index (χ1) is 9.15. The van der Waals surface area contributed by atoms with Crippen LogP contribution in [0.15, 0.2) is 53.6 Å². The molecule has 2 N–H and O–H groups in total. The van der Waals surface area contributed by atoms with E-state index >= 15 is 0 Å². The summed E-state index contributed by atoms with van der Waals surface area (Å²) in [7, 11) is 0. The highest BCUT2D eigenvalue weighted by Crippen LogP contribution is 2.10. The van der Waals surface area contributed by atoms with Crippen LogP contribution in [0.1, 0.15) is 21.5 Å². The zero-order valence-electron chi connectivity index (χ0n) is 10.5. The van der Waals surface area contributed by atoms with Crippen molar-refractivity contribution in [3.05, 3.63) is 65.2 Å². The van der Waals surface area contributed by atoms with Crippen LogP contribution in [-0.4, -0.2) is 17.2 Å². The lowest BCUT2D eigenvalue weighted by Crippen LogP contribution is -2.17. The smallest absolute Gasteiger partial charge is 0.271 e. The van der Waals surface area contributed by atoms with Gasteiger partial charge in [0, 0.05) is 5.56 Å². The Morgan fingerprint density at radius 2 is 1.95 bits per heavy atom. The molecular formula is C15H14N2O2. The number of carbonyl (C=O) groups is 1. The van der Waals surface area contributed by atoms with E-state index in [4.69, 9.17) is 0 Å². The van der Waals surface area contributed by atoms with Crippen molar-refractivity contribution in [2.45, 2.75) is 6.92 Å². The average molecular weight is 254 g/mol. The van der Waals surface area contributed by atoms with Gasteiger partial charge in [0.25, 0.3) is 5.91 Å². The number of phenols is 1. The summed E-state index contributed by atoms with van der Waals surface area (Å²) in [6.45, 7) is 2.00. The summed E-state index contributed by atoms with van der Waals surface area (Å²) in [6.07, 6.45) is 1.57. The van der Waals surface area contributed by atoms with Crippen LogP contribution in [0.3, 0.4) is 0 Å². The van der Waals surface area contributed by atoms with Crippen molar-refractivity contribution < 1.29 is 9.90 Å². The van der Waals surface area contributed by atoms with Gasteiger partial charge in [-0.05, 0) is 30.7 Å². The Labute approximate surface area is 111 Å². The molecule has 0 saturated carbocycles. The Kier molecular flexibility index (Phi) is 3.93. The molecule has 0 unspecified atom stereocenters. The molecule has 2 aromatic rings. The fraction of sp³-hybridized carbons (Fsp3) is 0.0667. The molecule has 4 heteroatoms. The molecule has 0 bridgehead atoms. The highest BCUT2D eigenvalue weighted by Gasteiger charge is 2.03. The maximum atomic E-state index is 11.7. The van der Waals surface area contributed by atoms with Crippen LogP contribution < -0.4 is 5.43 Å². The molecule has 96 valence electrons. The van der Waals surface area contributed by atoms with Crippen LogP contribution in [-0.2, 0) is 0 Å². The van der Waals surface area contributed by atoms with E-state index < -0.39 is 0 Å². The highest BCUT2D eigenvalue weighted by atomic mass is 16.3. The summed E-state index contributed by atoms with van der Waals surface area (Å²) >= 11 is 0. The van der Waals surface area contributed by atoms with Gasteiger partial charge >= 0.3 is 0 Å². The van der Waals surface area contributed by atoms with E-state index in [0.29, 0.717) is 5.56 Å². The van der Waals surface area contributed by atoms with Gasteiger partial charge in [-0.25, -0.2) is 5.43 Å². The molecule has 0 aromatic heterocycles. The first kappa shape index (κ1) is 12.8. The molecule has 0 aliphatic heterocycles. The number of aromatic hydroxyl groups is 1. The van der Waals surface area contributed by atoms with E-state index in [1.165, 1.54) is 17.7 Å². The topological polar surface area (TPSA) is 61.7 Å². The minimum atomic E-state index is -0.362. The van der Waals surface area contributed by atoms with Gasteiger partial charge in [0.05, 0.1) is 6.21 Å². The molecule has 0 atom stereocenters. The van der Waals surface area contributed by atoms with Crippen LogP contribution in [0.5, 0.6) is 5.75 Å². The van der Waals surface area contributed by atoms with Crippen molar-refractivity contribution in [3.63, 3.8) is 0 Å². The van der Waals surface area contributed by atoms with Crippen molar-refractivity contribution >= 4 is 12.1 Å². The number of hydrogen-bond acceptors (Lipinski definition) is 3. The molecule has 4 nitrogen and oxygen atoms in total. The molecular weight excluding hydrogens is 240 g/mol. The van der Waals surface area contributed by atoms with Gasteiger partial charge in [-0.15, -0.1) is 0 Å². The molecule has 0 radical (unpaired) electrons. The third kappa shape index (κ3) is 3.67. The van der Waals surface area contributed by atoms with Crippen LogP contribution >= 0.6 is 0 Å². The Balaban J connectivity index is 1.98. The standard InChI is InChI=1S/C15H14N2O2/c1-11-5-7-12(8-6-11)10-16-17-15(19)13-3-2-4-14(18)9-13/h2-10,18H,1H3,(H,17,19)/b16-10-. The van der Waals surface area contributed by atoms with E-state index in [1.54, 1.807) is 18.3 Å². The van der Waals surface area contributed by atoms with Crippen LogP contribution in [0, 0.1) is 6.92 Å². The van der Waals surface area contributed by atoms with E-state index in [0.717, 1.165) is 5.56 Å². The number of carbonyl (C=O) groups excluding carboxylic acids is 1. The summed E-state index contributed by atoms with van der Waals surface area (Å²) in [5.41, 5.74) is 4.84. The second-order valence-electron chi connectivity index (χ2n) is 4.16. The van der Waals surface area contributed by atoms with Gasteiger partial charge in [0.15, 0.2) is 0 Å². The number of benzene rings is 2. The SMILES string of the molecule is Cc1ccc(/C=N\NC(=O)c2cccc(O)c2)cc1. The van der Waals surface area contributed by atoms with Crippen molar-refractivity contribution in [2.24, 2.45) is 5.10 Å². The van der Waals surface area contributed by atoms with E-state index in [1.807, 2.05) is 31.2 Å². The largest absolute Gasteiger partial charge is 0.508 e. The Bertz CT molecular complexity index is 604. The molecule has 0 aliphatic carbocycles. The number of nitrogens with one attached hydrogen (secondary N) is 1. The lowest BCUT2D eigenvalue weighted by atomic mass is 10.2. The number of aryl methyl sites for hydroxylation is 1. The number of nitrogens with zero attached hydrogens (tertiary/aromatic N) is 1. The lowest BCUT2D eigenvalue weighted by molar-refractivity contribution is 0.0954. The number of hydrogen-bond donors (Lipinski definition) is 2. The summed E-state index contributed by atoms with van der Waals surface area (Å²) in [5, 5.41) is 13.1. The molecule has 2 rings (SSSR count). The summed E-state index contributed by atoms with van der Waals surface area (Å²) in [5.74, 6) is -0.311. The van der Waals surface area contributed by atoms with Crippen molar-refractivity contribution in [2.75, 3.05) is 0 Å². The zero-order valence-corrected chi connectivity index (χ0v) is 10.5. The van der Waals surface area contributed by atoms with Crippen molar-refractivity contribution in [1.82, 2.24) is 5.43 Å². The maximum Gasteiger partial charge on any atom is 0.271 e. The molecule has 19 heavy (non-hydrogen) atoms. The minimum absolute atomic E-state index is 0.0511. The second-order valence-corrected chi connectivity index (χ2v) is 4.16.